The van der Waals surface area contributed by atoms with Gasteiger partial charge < -0.3 is 10.4 Å². The van der Waals surface area contributed by atoms with E-state index in [1.807, 2.05) is 26.0 Å². The van der Waals surface area contributed by atoms with E-state index < -0.39 is 10.8 Å². The SMILES string of the molecule is Cc1ccc(NC(=O)/C(C#N)=C\c2ccc(SCCO)c([N+](=O)[O-])c2)cc1C. The first-order chi connectivity index (χ1) is 13.3. The average Bonchev–Trinajstić information content (AvgIpc) is 2.67. The first-order valence-corrected chi connectivity index (χ1v) is 9.36. The van der Waals surface area contributed by atoms with Crippen molar-refractivity contribution >= 4 is 35.1 Å². The Morgan fingerprint density at radius 3 is 2.64 bits per heavy atom. The number of thioether (sulfide) groups is 1. The second-order valence-electron chi connectivity index (χ2n) is 5.98. The molecule has 8 heteroatoms. The fourth-order valence-electron chi connectivity index (χ4n) is 2.38. The molecule has 144 valence electrons. The standard InChI is InChI=1S/C20H19N3O4S/c1-13-3-5-17(9-14(13)2)22-20(25)16(12-21)10-15-4-6-19(28-8-7-24)18(11-15)23(26)27/h3-6,9-11,24H,7-8H2,1-2H3,(H,22,25)/b16-10-. The molecule has 2 aromatic rings. The van der Waals surface area contributed by atoms with Gasteiger partial charge in [0, 0.05) is 17.5 Å². The van der Waals surface area contributed by atoms with Crippen LogP contribution in [0.25, 0.3) is 6.08 Å². The van der Waals surface area contributed by atoms with Gasteiger partial charge in [-0.15, -0.1) is 11.8 Å². The van der Waals surface area contributed by atoms with Crippen molar-refractivity contribution in [1.29, 1.82) is 5.26 Å². The summed E-state index contributed by atoms with van der Waals surface area (Å²) in [6.45, 7) is 3.78. The number of amides is 1. The average molecular weight is 397 g/mol. The van der Waals surface area contributed by atoms with Crippen LogP contribution in [0, 0.1) is 35.3 Å². The molecule has 0 aliphatic carbocycles. The van der Waals surface area contributed by atoms with E-state index in [9.17, 15) is 20.2 Å². The van der Waals surface area contributed by atoms with Crippen LogP contribution in [0.2, 0.25) is 0 Å². The van der Waals surface area contributed by atoms with Gasteiger partial charge in [0.15, 0.2) is 0 Å². The zero-order chi connectivity index (χ0) is 20.7. The van der Waals surface area contributed by atoms with E-state index in [1.165, 1.54) is 12.1 Å². The second-order valence-corrected chi connectivity index (χ2v) is 7.12. The molecule has 0 aromatic heterocycles. The zero-order valence-corrected chi connectivity index (χ0v) is 16.2. The van der Waals surface area contributed by atoms with Crippen molar-refractivity contribution in [3.63, 3.8) is 0 Å². The minimum atomic E-state index is -0.591. The molecule has 2 rings (SSSR count). The molecule has 0 saturated carbocycles. The molecule has 0 aliphatic heterocycles. The van der Waals surface area contributed by atoms with Gasteiger partial charge in [0.1, 0.15) is 11.6 Å². The van der Waals surface area contributed by atoms with Gasteiger partial charge in [0.2, 0.25) is 0 Å². The minimum absolute atomic E-state index is 0.0965. The molecule has 2 aromatic carbocycles. The number of nitro groups is 1. The lowest BCUT2D eigenvalue weighted by atomic mass is 10.1. The third-order valence-corrected chi connectivity index (χ3v) is 5.01. The van der Waals surface area contributed by atoms with Gasteiger partial charge in [0.05, 0.1) is 16.4 Å². The largest absolute Gasteiger partial charge is 0.396 e. The highest BCUT2D eigenvalue weighted by Gasteiger charge is 2.16. The van der Waals surface area contributed by atoms with Gasteiger partial charge in [-0.2, -0.15) is 5.26 Å². The van der Waals surface area contributed by atoms with Crippen LogP contribution in [0.1, 0.15) is 16.7 Å². The highest BCUT2D eigenvalue weighted by Crippen LogP contribution is 2.30. The molecular formula is C20H19N3O4S. The quantitative estimate of drug-likeness (QED) is 0.241. The second kappa shape index (κ2) is 9.69. The van der Waals surface area contributed by atoms with Crippen molar-refractivity contribution in [2.75, 3.05) is 17.7 Å². The Morgan fingerprint density at radius 1 is 1.29 bits per heavy atom. The van der Waals surface area contributed by atoms with Crippen LogP contribution in [-0.2, 0) is 4.79 Å². The number of benzene rings is 2. The van der Waals surface area contributed by atoms with Gasteiger partial charge in [-0.1, -0.05) is 12.1 Å². The predicted molar refractivity (Wildman–Crippen MR) is 109 cm³/mol. The highest BCUT2D eigenvalue weighted by molar-refractivity contribution is 7.99. The lowest BCUT2D eigenvalue weighted by Crippen LogP contribution is -2.13. The Kier molecular flexibility index (Phi) is 7.32. The van der Waals surface area contributed by atoms with Crippen LogP contribution < -0.4 is 5.32 Å². The van der Waals surface area contributed by atoms with Gasteiger partial charge in [0.25, 0.3) is 11.6 Å². The van der Waals surface area contributed by atoms with Crippen LogP contribution in [0.15, 0.2) is 46.9 Å². The van der Waals surface area contributed by atoms with E-state index in [1.54, 1.807) is 24.3 Å². The summed E-state index contributed by atoms with van der Waals surface area (Å²) in [5.41, 5.74) is 2.72. The monoisotopic (exact) mass is 397 g/mol. The number of aliphatic hydroxyl groups is 1. The number of hydrogen-bond acceptors (Lipinski definition) is 6. The lowest BCUT2D eigenvalue weighted by molar-refractivity contribution is -0.387. The molecule has 1 amide bonds. The minimum Gasteiger partial charge on any atom is -0.396 e. The number of hydrogen-bond donors (Lipinski definition) is 2. The van der Waals surface area contributed by atoms with Crippen molar-refractivity contribution in [3.8, 4) is 6.07 Å². The van der Waals surface area contributed by atoms with E-state index >= 15 is 0 Å². The van der Waals surface area contributed by atoms with E-state index in [2.05, 4.69) is 5.32 Å². The number of nitro benzene ring substituents is 1. The fourth-order valence-corrected chi connectivity index (χ4v) is 3.13. The van der Waals surface area contributed by atoms with E-state index in [0.29, 0.717) is 21.9 Å². The Morgan fingerprint density at radius 2 is 2.04 bits per heavy atom. The fraction of sp³-hybridized carbons (Fsp3) is 0.200. The molecule has 0 bridgehead atoms. The Labute approximate surface area is 166 Å². The van der Waals surface area contributed by atoms with Crippen molar-refractivity contribution in [3.05, 3.63) is 68.8 Å². The van der Waals surface area contributed by atoms with Crippen LogP contribution in [0.3, 0.4) is 0 Å². The molecule has 0 unspecified atom stereocenters. The number of nitrogens with zero attached hydrogens (tertiary/aromatic N) is 2. The summed E-state index contributed by atoms with van der Waals surface area (Å²) in [7, 11) is 0. The van der Waals surface area contributed by atoms with Crippen molar-refractivity contribution in [2.24, 2.45) is 0 Å². The summed E-state index contributed by atoms with van der Waals surface area (Å²) in [5.74, 6) is -0.259. The van der Waals surface area contributed by atoms with E-state index in [0.717, 1.165) is 22.9 Å². The van der Waals surface area contributed by atoms with Gasteiger partial charge in [-0.25, -0.2) is 0 Å². The molecular weight excluding hydrogens is 378 g/mol. The molecule has 7 nitrogen and oxygen atoms in total. The highest BCUT2D eigenvalue weighted by atomic mass is 32.2. The summed E-state index contributed by atoms with van der Waals surface area (Å²) < 4.78 is 0. The smallest absolute Gasteiger partial charge is 0.283 e. The molecule has 0 aliphatic rings. The summed E-state index contributed by atoms with van der Waals surface area (Å²) in [6, 6.07) is 11.7. The van der Waals surface area contributed by atoms with Crippen LogP contribution in [-0.4, -0.2) is 28.3 Å². The maximum Gasteiger partial charge on any atom is 0.283 e. The molecule has 2 N–H and O–H groups in total. The number of carbonyl (C=O) groups excluding carboxylic acids is 1. The van der Waals surface area contributed by atoms with E-state index in [-0.39, 0.29) is 17.9 Å². The van der Waals surface area contributed by atoms with Gasteiger partial charge in [-0.3, -0.25) is 14.9 Å². The van der Waals surface area contributed by atoms with Crippen LogP contribution >= 0.6 is 11.8 Å². The Balaban J connectivity index is 2.28. The number of carbonyl (C=O) groups is 1. The zero-order valence-electron chi connectivity index (χ0n) is 15.4. The number of rotatable bonds is 7. The predicted octanol–water partition coefficient (Wildman–Crippen LogP) is 3.84. The molecule has 0 heterocycles. The van der Waals surface area contributed by atoms with Crippen LogP contribution in [0.5, 0.6) is 0 Å². The summed E-state index contributed by atoms with van der Waals surface area (Å²) in [4.78, 5) is 23.6. The first-order valence-electron chi connectivity index (χ1n) is 8.38. The third kappa shape index (κ3) is 5.42. The summed E-state index contributed by atoms with van der Waals surface area (Å²) in [6.07, 6.45) is 1.31. The number of nitriles is 1. The Bertz CT molecular complexity index is 980. The normalized spacial score (nSPS) is 11.0. The summed E-state index contributed by atoms with van der Waals surface area (Å²) >= 11 is 1.16. The molecule has 0 spiro atoms. The number of anilines is 1. The molecule has 0 radical (unpaired) electrons. The van der Waals surface area contributed by atoms with Crippen molar-refractivity contribution < 1.29 is 14.8 Å². The van der Waals surface area contributed by atoms with Crippen LogP contribution in [0.4, 0.5) is 11.4 Å². The number of nitrogens with one attached hydrogen (secondary N) is 1. The van der Waals surface area contributed by atoms with Crippen molar-refractivity contribution in [2.45, 2.75) is 18.7 Å². The number of aliphatic hydroxyl groups excluding tert-OH is 1. The lowest BCUT2D eigenvalue weighted by Gasteiger charge is -2.07. The topological polar surface area (TPSA) is 116 Å². The third-order valence-electron chi connectivity index (χ3n) is 3.97. The number of aryl methyl sites for hydroxylation is 2. The maximum absolute atomic E-state index is 12.4. The maximum atomic E-state index is 12.4. The molecule has 28 heavy (non-hydrogen) atoms. The van der Waals surface area contributed by atoms with Crippen molar-refractivity contribution in [1.82, 2.24) is 0 Å². The van der Waals surface area contributed by atoms with Gasteiger partial charge >= 0.3 is 0 Å². The first kappa shape index (κ1) is 21.2. The molecule has 0 fully saturated rings. The van der Waals surface area contributed by atoms with Gasteiger partial charge in [-0.05, 0) is 54.8 Å². The summed E-state index contributed by atoms with van der Waals surface area (Å²) in [5, 5.41) is 32.2. The Hall–Kier alpha value is -3.15. The molecule has 0 atom stereocenters. The molecule has 0 saturated heterocycles. The van der Waals surface area contributed by atoms with E-state index in [4.69, 9.17) is 5.11 Å².